The molecule has 1 amide bonds. The Morgan fingerprint density at radius 3 is 3.00 bits per heavy atom. The summed E-state index contributed by atoms with van der Waals surface area (Å²) in [7, 11) is 0. The number of nitrogens with zero attached hydrogens (tertiary/aromatic N) is 2. The van der Waals surface area contributed by atoms with Gasteiger partial charge in [-0.3, -0.25) is 9.59 Å². The minimum atomic E-state index is -0.226. The van der Waals surface area contributed by atoms with Crippen LogP contribution < -0.4 is 5.32 Å². The first-order chi connectivity index (χ1) is 12.1. The number of ketones is 1. The van der Waals surface area contributed by atoms with Gasteiger partial charge in [0.1, 0.15) is 5.65 Å². The van der Waals surface area contributed by atoms with Crippen molar-refractivity contribution < 1.29 is 9.59 Å². The van der Waals surface area contributed by atoms with Crippen LogP contribution >= 0.6 is 0 Å². The molecule has 0 saturated carbocycles. The largest absolute Gasteiger partial charge is 0.347 e. The molecule has 0 bridgehead atoms. The molecule has 0 saturated heterocycles. The normalized spacial score (nSPS) is 13.5. The van der Waals surface area contributed by atoms with Gasteiger partial charge in [0.25, 0.3) is 0 Å². The SMILES string of the molecule is Cc1ccn2cc(CNC(=O)C3=CC(=O)c4ccccc4C3)nc2c1. The number of amides is 1. The zero-order valence-electron chi connectivity index (χ0n) is 13.8. The first kappa shape index (κ1) is 15.3. The second-order valence-corrected chi connectivity index (χ2v) is 6.25. The zero-order chi connectivity index (χ0) is 17.4. The van der Waals surface area contributed by atoms with E-state index in [2.05, 4.69) is 10.3 Å². The molecular weight excluding hydrogens is 314 g/mol. The summed E-state index contributed by atoms with van der Waals surface area (Å²) in [6.07, 6.45) is 5.75. The highest BCUT2D eigenvalue weighted by Crippen LogP contribution is 2.21. The van der Waals surface area contributed by atoms with Gasteiger partial charge in [0.2, 0.25) is 5.91 Å². The Kier molecular flexibility index (Phi) is 3.69. The quantitative estimate of drug-likeness (QED) is 0.802. The summed E-state index contributed by atoms with van der Waals surface area (Å²) in [5, 5.41) is 2.86. The van der Waals surface area contributed by atoms with E-state index in [-0.39, 0.29) is 11.7 Å². The van der Waals surface area contributed by atoms with Gasteiger partial charge in [0.15, 0.2) is 5.78 Å². The van der Waals surface area contributed by atoms with E-state index >= 15 is 0 Å². The first-order valence-corrected chi connectivity index (χ1v) is 8.15. The van der Waals surface area contributed by atoms with Crippen LogP contribution in [0.2, 0.25) is 0 Å². The second-order valence-electron chi connectivity index (χ2n) is 6.25. The van der Waals surface area contributed by atoms with E-state index in [1.807, 2.05) is 54.0 Å². The van der Waals surface area contributed by atoms with Crippen LogP contribution in [0, 0.1) is 6.92 Å². The Bertz CT molecular complexity index is 1030. The lowest BCUT2D eigenvalue weighted by Gasteiger charge is -2.15. The van der Waals surface area contributed by atoms with Crippen molar-refractivity contribution in [2.45, 2.75) is 19.9 Å². The van der Waals surface area contributed by atoms with E-state index < -0.39 is 0 Å². The summed E-state index contributed by atoms with van der Waals surface area (Å²) < 4.78 is 1.92. The van der Waals surface area contributed by atoms with Crippen molar-refractivity contribution in [3.8, 4) is 0 Å². The highest BCUT2D eigenvalue weighted by atomic mass is 16.2. The highest BCUT2D eigenvalue weighted by molar-refractivity contribution is 6.12. The molecule has 25 heavy (non-hydrogen) atoms. The van der Waals surface area contributed by atoms with Gasteiger partial charge < -0.3 is 9.72 Å². The van der Waals surface area contributed by atoms with E-state index in [1.54, 1.807) is 6.07 Å². The van der Waals surface area contributed by atoms with Crippen molar-refractivity contribution in [1.29, 1.82) is 0 Å². The molecule has 0 atom stereocenters. The Morgan fingerprint density at radius 2 is 2.12 bits per heavy atom. The number of aryl methyl sites for hydroxylation is 1. The van der Waals surface area contributed by atoms with E-state index in [1.165, 1.54) is 6.08 Å². The molecule has 1 N–H and O–H groups in total. The molecule has 1 aromatic carbocycles. The van der Waals surface area contributed by atoms with Crippen molar-refractivity contribution in [2.24, 2.45) is 0 Å². The first-order valence-electron chi connectivity index (χ1n) is 8.15. The summed E-state index contributed by atoms with van der Waals surface area (Å²) >= 11 is 0. The third-order valence-corrected chi connectivity index (χ3v) is 4.36. The fourth-order valence-corrected chi connectivity index (χ4v) is 3.06. The molecule has 3 aromatic rings. The maximum absolute atomic E-state index is 12.4. The Labute approximate surface area is 145 Å². The predicted octanol–water partition coefficient (Wildman–Crippen LogP) is 2.62. The summed E-state index contributed by atoms with van der Waals surface area (Å²) in [6, 6.07) is 11.4. The molecule has 124 valence electrons. The minimum Gasteiger partial charge on any atom is -0.347 e. The highest BCUT2D eigenvalue weighted by Gasteiger charge is 2.21. The number of benzene rings is 1. The number of carbonyl (C=O) groups excluding carboxylic acids is 2. The van der Waals surface area contributed by atoms with Crippen LogP contribution in [0.3, 0.4) is 0 Å². The lowest BCUT2D eigenvalue weighted by molar-refractivity contribution is -0.117. The number of rotatable bonds is 3. The van der Waals surface area contributed by atoms with Crippen LogP contribution in [-0.4, -0.2) is 21.1 Å². The summed E-state index contributed by atoms with van der Waals surface area (Å²) in [4.78, 5) is 29.1. The van der Waals surface area contributed by atoms with Gasteiger partial charge in [0, 0.05) is 30.0 Å². The smallest absolute Gasteiger partial charge is 0.248 e. The molecule has 0 spiro atoms. The van der Waals surface area contributed by atoms with Crippen LogP contribution in [0.25, 0.3) is 5.65 Å². The molecule has 0 fully saturated rings. The van der Waals surface area contributed by atoms with Gasteiger partial charge in [-0.25, -0.2) is 4.98 Å². The van der Waals surface area contributed by atoms with Crippen molar-refractivity contribution in [1.82, 2.24) is 14.7 Å². The van der Waals surface area contributed by atoms with Crippen molar-refractivity contribution >= 4 is 17.3 Å². The molecule has 0 aliphatic heterocycles. The maximum Gasteiger partial charge on any atom is 0.248 e. The molecule has 1 aliphatic carbocycles. The monoisotopic (exact) mass is 331 g/mol. The van der Waals surface area contributed by atoms with E-state index in [0.29, 0.717) is 24.1 Å². The van der Waals surface area contributed by atoms with Crippen LogP contribution in [-0.2, 0) is 17.8 Å². The number of imidazole rings is 1. The van der Waals surface area contributed by atoms with E-state index in [4.69, 9.17) is 0 Å². The van der Waals surface area contributed by atoms with Gasteiger partial charge in [-0.2, -0.15) is 0 Å². The number of allylic oxidation sites excluding steroid dienone is 1. The molecule has 5 heteroatoms. The Balaban J connectivity index is 1.48. The van der Waals surface area contributed by atoms with Crippen LogP contribution in [0.15, 0.2) is 60.4 Å². The summed E-state index contributed by atoms with van der Waals surface area (Å²) in [5.41, 5.74) is 4.83. The number of hydrogen-bond acceptors (Lipinski definition) is 3. The van der Waals surface area contributed by atoms with Gasteiger partial charge in [-0.05, 0) is 36.3 Å². The Morgan fingerprint density at radius 1 is 1.28 bits per heavy atom. The van der Waals surface area contributed by atoms with Crippen LogP contribution in [0.1, 0.15) is 27.2 Å². The lowest BCUT2D eigenvalue weighted by atomic mass is 9.90. The average Bonchev–Trinajstić information content (AvgIpc) is 3.01. The van der Waals surface area contributed by atoms with Crippen LogP contribution in [0.4, 0.5) is 0 Å². The molecule has 4 rings (SSSR count). The van der Waals surface area contributed by atoms with Crippen molar-refractivity contribution in [2.75, 3.05) is 0 Å². The van der Waals surface area contributed by atoms with Gasteiger partial charge in [-0.15, -0.1) is 0 Å². The van der Waals surface area contributed by atoms with Gasteiger partial charge in [-0.1, -0.05) is 24.3 Å². The number of nitrogens with one attached hydrogen (secondary N) is 1. The minimum absolute atomic E-state index is 0.116. The summed E-state index contributed by atoms with van der Waals surface area (Å²) in [6.45, 7) is 2.34. The number of fused-ring (bicyclic) bond motifs is 2. The Hall–Kier alpha value is -3.21. The van der Waals surface area contributed by atoms with E-state index in [0.717, 1.165) is 22.5 Å². The maximum atomic E-state index is 12.4. The molecular formula is C20H17N3O2. The lowest BCUT2D eigenvalue weighted by Crippen LogP contribution is -2.28. The second kappa shape index (κ2) is 6.02. The zero-order valence-corrected chi connectivity index (χ0v) is 13.8. The molecule has 2 aromatic heterocycles. The summed E-state index contributed by atoms with van der Waals surface area (Å²) in [5.74, 6) is -0.341. The number of hydrogen-bond donors (Lipinski definition) is 1. The molecule has 0 unspecified atom stereocenters. The predicted molar refractivity (Wildman–Crippen MR) is 94.3 cm³/mol. The molecule has 2 heterocycles. The van der Waals surface area contributed by atoms with E-state index in [9.17, 15) is 9.59 Å². The number of carbonyl (C=O) groups is 2. The molecule has 1 aliphatic rings. The fourth-order valence-electron chi connectivity index (χ4n) is 3.06. The molecule has 5 nitrogen and oxygen atoms in total. The fraction of sp³-hybridized carbons (Fsp3) is 0.150. The third-order valence-electron chi connectivity index (χ3n) is 4.36. The third kappa shape index (κ3) is 2.96. The molecule has 0 radical (unpaired) electrons. The number of aromatic nitrogens is 2. The van der Waals surface area contributed by atoms with Crippen LogP contribution in [0.5, 0.6) is 0 Å². The van der Waals surface area contributed by atoms with Gasteiger partial charge in [0.05, 0.1) is 12.2 Å². The van der Waals surface area contributed by atoms with Gasteiger partial charge >= 0.3 is 0 Å². The number of pyridine rings is 1. The van der Waals surface area contributed by atoms with Crippen molar-refractivity contribution in [3.63, 3.8) is 0 Å². The average molecular weight is 331 g/mol. The standard InChI is InChI=1S/C20H17N3O2/c1-13-6-7-23-12-16(22-19(23)8-13)11-21-20(25)15-9-14-4-2-3-5-17(14)18(24)10-15/h2-8,10,12H,9,11H2,1H3,(H,21,25). The topological polar surface area (TPSA) is 63.5 Å². The van der Waals surface area contributed by atoms with Crippen molar-refractivity contribution in [3.05, 3.63) is 82.8 Å².